The van der Waals surface area contributed by atoms with Crippen LogP contribution in [0.25, 0.3) is 0 Å². The predicted molar refractivity (Wildman–Crippen MR) is 53.9 cm³/mol. The number of rotatable bonds is 4. The molecule has 0 N–H and O–H groups in total. The third-order valence-electron chi connectivity index (χ3n) is 1.65. The highest BCUT2D eigenvalue weighted by molar-refractivity contribution is 5.26. The second-order valence-electron chi connectivity index (χ2n) is 3.05. The molecule has 0 radical (unpaired) electrons. The van der Waals surface area contributed by atoms with E-state index in [1.807, 2.05) is 13.0 Å². The van der Waals surface area contributed by atoms with Gasteiger partial charge in [-0.3, -0.25) is 0 Å². The highest BCUT2D eigenvalue weighted by Crippen LogP contribution is 2.09. The molecule has 0 aliphatic heterocycles. The third kappa shape index (κ3) is 3.28. The Morgan fingerprint density at radius 2 is 2.43 bits per heavy atom. The Hall–Kier alpha value is -1.82. The van der Waals surface area contributed by atoms with Crippen molar-refractivity contribution in [1.29, 1.82) is 5.26 Å². The zero-order valence-corrected chi connectivity index (χ0v) is 8.16. The molecule has 0 aromatic carbocycles. The van der Waals surface area contributed by atoms with Crippen LogP contribution in [0, 0.1) is 11.3 Å². The molecule has 72 valence electrons. The van der Waals surface area contributed by atoms with E-state index in [1.165, 1.54) is 0 Å². The van der Waals surface area contributed by atoms with Crippen LogP contribution in [-0.4, -0.2) is 11.6 Å². The Labute approximate surface area is 83.7 Å². The fourth-order valence-electron chi connectivity index (χ4n) is 0.875. The van der Waals surface area contributed by atoms with Crippen LogP contribution < -0.4 is 4.74 Å². The number of aromatic nitrogens is 1. The molecule has 0 unspecified atom stereocenters. The van der Waals surface area contributed by atoms with Crippen molar-refractivity contribution in [2.24, 2.45) is 0 Å². The number of pyridine rings is 1. The molecule has 1 rings (SSSR count). The number of nitriles is 1. The van der Waals surface area contributed by atoms with Gasteiger partial charge in [-0.25, -0.2) is 4.98 Å². The van der Waals surface area contributed by atoms with Crippen LogP contribution in [0.3, 0.4) is 0 Å². The monoisotopic (exact) mass is 188 g/mol. The van der Waals surface area contributed by atoms with Gasteiger partial charge in [0.2, 0.25) is 0 Å². The Balaban J connectivity index is 2.45. The first-order chi connectivity index (χ1) is 6.72. The number of ether oxygens (including phenoxy) is 1. The van der Waals surface area contributed by atoms with Crippen molar-refractivity contribution in [3.05, 3.63) is 36.2 Å². The van der Waals surface area contributed by atoms with Crippen LogP contribution >= 0.6 is 0 Å². The van der Waals surface area contributed by atoms with Gasteiger partial charge in [-0.2, -0.15) is 5.26 Å². The summed E-state index contributed by atoms with van der Waals surface area (Å²) in [4.78, 5) is 3.89. The Morgan fingerprint density at radius 1 is 1.64 bits per heavy atom. The minimum Gasteiger partial charge on any atom is -0.492 e. The SMILES string of the molecule is C=C(C)CCOc1ccc(C#N)nc1. The van der Waals surface area contributed by atoms with Crippen LogP contribution in [-0.2, 0) is 0 Å². The maximum atomic E-state index is 8.51. The number of hydrogen-bond donors (Lipinski definition) is 0. The molecule has 0 aliphatic carbocycles. The standard InChI is InChI=1S/C11H12N2O/c1-9(2)5-6-14-11-4-3-10(7-12)13-8-11/h3-4,8H,1,5-6H2,2H3. The van der Waals surface area contributed by atoms with Gasteiger partial charge in [-0.1, -0.05) is 5.57 Å². The van der Waals surface area contributed by atoms with Gasteiger partial charge in [-0.15, -0.1) is 6.58 Å². The summed E-state index contributed by atoms with van der Waals surface area (Å²) in [7, 11) is 0. The highest BCUT2D eigenvalue weighted by Gasteiger charge is 1.95. The van der Waals surface area contributed by atoms with Gasteiger partial charge in [0.1, 0.15) is 17.5 Å². The first-order valence-corrected chi connectivity index (χ1v) is 4.35. The Bertz CT molecular complexity index is 349. The van der Waals surface area contributed by atoms with E-state index in [1.54, 1.807) is 18.3 Å². The van der Waals surface area contributed by atoms with Gasteiger partial charge in [0.25, 0.3) is 0 Å². The topological polar surface area (TPSA) is 45.9 Å². The van der Waals surface area contributed by atoms with Crippen LogP contribution in [0.15, 0.2) is 30.5 Å². The molecular weight excluding hydrogens is 176 g/mol. The normalized spacial score (nSPS) is 9.14. The first kappa shape index (κ1) is 10.3. The minimum absolute atomic E-state index is 0.400. The van der Waals surface area contributed by atoms with E-state index in [4.69, 9.17) is 10.00 Å². The molecule has 1 heterocycles. The second kappa shape index (κ2) is 5.03. The van der Waals surface area contributed by atoms with Crippen LogP contribution in [0.4, 0.5) is 0 Å². The van der Waals surface area contributed by atoms with Crippen LogP contribution in [0.5, 0.6) is 5.75 Å². The van der Waals surface area contributed by atoms with Gasteiger partial charge in [0, 0.05) is 6.42 Å². The number of nitrogens with zero attached hydrogens (tertiary/aromatic N) is 2. The lowest BCUT2D eigenvalue weighted by molar-refractivity contribution is 0.320. The lowest BCUT2D eigenvalue weighted by Gasteiger charge is -2.04. The number of hydrogen-bond acceptors (Lipinski definition) is 3. The van der Waals surface area contributed by atoms with E-state index < -0.39 is 0 Å². The van der Waals surface area contributed by atoms with Gasteiger partial charge >= 0.3 is 0 Å². The quantitative estimate of drug-likeness (QED) is 0.681. The summed E-state index contributed by atoms with van der Waals surface area (Å²) < 4.78 is 5.38. The fraction of sp³-hybridized carbons (Fsp3) is 0.273. The molecule has 1 aromatic heterocycles. The van der Waals surface area contributed by atoms with Gasteiger partial charge in [0.15, 0.2) is 0 Å². The Kier molecular flexibility index (Phi) is 3.69. The van der Waals surface area contributed by atoms with E-state index in [9.17, 15) is 0 Å². The summed E-state index contributed by atoms with van der Waals surface area (Å²) in [6.45, 7) is 6.33. The highest BCUT2D eigenvalue weighted by atomic mass is 16.5. The molecule has 0 amide bonds. The smallest absolute Gasteiger partial charge is 0.140 e. The average molecular weight is 188 g/mol. The predicted octanol–water partition coefficient (Wildman–Crippen LogP) is 2.30. The Morgan fingerprint density at radius 3 is 2.93 bits per heavy atom. The van der Waals surface area contributed by atoms with Gasteiger partial charge in [-0.05, 0) is 19.1 Å². The maximum Gasteiger partial charge on any atom is 0.140 e. The average Bonchev–Trinajstić information content (AvgIpc) is 2.18. The molecule has 0 bridgehead atoms. The zero-order valence-electron chi connectivity index (χ0n) is 8.16. The summed E-state index contributed by atoms with van der Waals surface area (Å²) in [5, 5.41) is 8.51. The molecule has 0 spiro atoms. The lowest BCUT2D eigenvalue weighted by Crippen LogP contribution is -1.98. The molecule has 1 aromatic rings. The summed E-state index contributed by atoms with van der Waals surface area (Å²) in [6, 6.07) is 5.32. The van der Waals surface area contributed by atoms with Crippen LogP contribution in [0.2, 0.25) is 0 Å². The molecule has 3 heteroatoms. The van der Waals surface area contributed by atoms with Crippen molar-refractivity contribution in [1.82, 2.24) is 4.98 Å². The minimum atomic E-state index is 0.400. The summed E-state index contributed by atoms with van der Waals surface area (Å²) >= 11 is 0. The zero-order chi connectivity index (χ0) is 10.4. The molecule has 14 heavy (non-hydrogen) atoms. The first-order valence-electron chi connectivity index (χ1n) is 4.35. The summed E-state index contributed by atoms with van der Waals surface area (Å²) in [5.41, 5.74) is 1.49. The third-order valence-corrected chi connectivity index (χ3v) is 1.65. The van der Waals surface area contributed by atoms with E-state index in [2.05, 4.69) is 11.6 Å². The largest absolute Gasteiger partial charge is 0.492 e. The van der Waals surface area contributed by atoms with E-state index in [-0.39, 0.29) is 0 Å². The van der Waals surface area contributed by atoms with E-state index in [0.717, 1.165) is 12.0 Å². The van der Waals surface area contributed by atoms with Gasteiger partial charge in [0.05, 0.1) is 12.8 Å². The van der Waals surface area contributed by atoms with E-state index in [0.29, 0.717) is 18.1 Å². The fourth-order valence-corrected chi connectivity index (χ4v) is 0.875. The van der Waals surface area contributed by atoms with Crippen molar-refractivity contribution in [3.63, 3.8) is 0 Å². The molecule has 0 saturated carbocycles. The van der Waals surface area contributed by atoms with Crippen molar-refractivity contribution >= 4 is 0 Å². The van der Waals surface area contributed by atoms with Crippen LogP contribution in [0.1, 0.15) is 19.0 Å². The van der Waals surface area contributed by atoms with Gasteiger partial charge < -0.3 is 4.74 Å². The van der Waals surface area contributed by atoms with Crippen molar-refractivity contribution in [2.45, 2.75) is 13.3 Å². The van der Waals surface area contributed by atoms with E-state index >= 15 is 0 Å². The second-order valence-corrected chi connectivity index (χ2v) is 3.05. The summed E-state index contributed by atoms with van der Waals surface area (Å²) in [5.74, 6) is 0.685. The maximum absolute atomic E-state index is 8.51. The molecule has 0 atom stereocenters. The molecule has 0 aliphatic rings. The van der Waals surface area contributed by atoms with Crippen molar-refractivity contribution in [3.8, 4) is 11.8 Å². The summed E-state index contributed by atoms with van der Waals surface area (Å²) in [6.07, 6.45) is 2.39. The molecule has 0 saturated heterocycles. The molecule has 3 nitrogen and oxygen atoms in total. The molecule has 0 fully saturated rings. The van der Waals surface area contributed by atoms with Crippen molar-refractivity contribution < 1.29 is 4.74 Å². The van der Waals surface area contributed by atoms with Crippen molar-refractivity contribution in [2.75, 3.05) is 6.61 Å². The molecular formula is C11H12N2O. The lowest BCUT2D eigenvalue weighted by atomic mass is 10.3.